The first-order chi connectivity index (χ1) is 5.81. The van der Waals surface area contributed by atoms with E-state index < -0.39 is 0 Å². The lowest BCUT2D eigenvalue weighted by molar-refractivity contribution is 0.567. The van der Waals surface area contributed by atoms with Crippen LogP contribution in [-0.2, 0) is 6.54 Å². The van der Waals surface area contributed by atoms with E-state index in [1.165, 1.54) is 11.1 Å². The Morgan fingerprint density at radius 1 is 1.58 bits per heavy atom. The second kappa shape index (κ2) is 3.08. The smallest absolute Gasteiger partial charge is 0.0409 e. The maximum atomic E-state index is 5.89. The van der Waals surface area contributed by atoms with Crippen molar-refractivity contribution >= 4 is 11.6 Å². The van der Waals surface area contributed by atoms with E-state index in [2.05, 4.69) is 24.4 Å². The predicted octanol–water partition coefficient (Wildman–Crippen LogP) is 2.89. The third-order valence-corrected chi connectivity index (χ3v) is 2.66. The van der Waals surface area contributed by atoms with Crippen LogP contribution in [0.5, 0.6) is 0 Å². The average Bonchev–Trinajstić information content (AvgIpc) is 2.46. The Labute approximate surface area is 77.7 Å². The van der Waals surface area contributed by atoms with Crippen molar-refractivity contribution in [2.24, 2.45) is 0 Å². The largest absolute Gasteiger partial charge is 0.306 e. The molecule has 0 fully saturated rings. The second-order valence-electron chi connectivity index (χ2n) is 3.18. The van der Waals surface area contributed by atoms with Crippen LogP contribution in [0.15, 0.2) is 18.2 Å². The van der Waals surface area contributed by atoms with E-state index in [1.807, 2.05) is 6.07 Å². The van der Waals surface area contributed by atoms with Gasteiger partial charge in [0, 0.05) is 17.6 Å². The number of rotatable bonds is 1. The molecule has 1 N–H and O–H groups in total. The fraction of sp³-hybridized carbons (Fsp3) is 0.400. The van der Waals surface area contributed by atoms with Gasteiger partial charge in [-0.05, 0) is 29.7 Å². The molecule has 1 aromatic carbocycles. The van der Waals surface area contributed by atoms with Crippen LogP contribution < -0.4 is 5.32 Å². The van der Waals surface area contributed by atoms with Crippen LogP contribution in [0.2, 0.25) is 5.02 Å². The molecule has 0 amide bonds. The van der Waals surface area contributed by atoms with Crippen LogP contribution in [0.1, 0.15) is 30.5 Å². The van der Waals surface area contributed by atoms with Gasteiger partial charge in [0.1, 0.15) is 0 Å². The number of hydrogen-bond donors (Lipinski definition) is 1. The number of hydrogen-bond acceptors (Lipinski definition) is 1. The maximum Gasteiger partial charge on any atom is 0.0409 e. The molecule has 0 saturated carbocycles. The normalized spacial score (nSPS) is 21.0. The summed E-state index contributed by atoms with van der Waals surface area (Å²) in [6, 6.07) is 6.69. The molecule has 0 radical (unpaired) electrons. The lowest BCUT2D eigenvalue weighted by Crippen LogP contribution is -2.10. The van der Waals surface area contributed by atoms with Gasteiger partial charge in [0.15, 0.2) is 0 Å². The van der Waals surface area contributed by atoms with Crippen molar-refractivity contribution in [3.05, 3.63) is 34.3 Å². The zero-order valence-electron chi connectivity index (χ0n) is 7.10. The highest BCUT2D eigenvalue weighted by molar-refractivity contribution is 6.30. The van der Waals surface area contributed by atoms with Crippen molar-refractivity contribution in [3.8, 4) is 0 Å². The van der Waals surface area contributed by atoms with Crippen molar-refractivity contribution in [1.29, 1.82) is 0 Å². The zero-order chi connectivity index (χ0) is 8.55. The Morgan fingerprint density at radius 3 is 3.17 bits per heavy atom. The number of fused-ring (bicyclic) bond motifs is 1. The molecule has 1 heterocycles. The van der Waals surface area contributed by atoms with Gasteiger partial charge in [-0.2, -0.15) is 0 Å². The summed E-state index contributed by atoms with van der Waals surface area (Å²) in [5, 5.41) is 4.28. The third-order valence-electron chi connectivity index (χ3n) is 2.43. The quantitative estimate of drug-likeness (QED) is 0.703. The van der Waals surface area contributed by atoms with Crippen molar-refractivity contribution in [3.63, 3.8) is 0 Å². The molecule has 1 unspecified atom stereocenters. The first kappa shape index (κ1) is 8.09. The van der Waals surface area contributed by atoms with Crippen LogP contribution in [0, 0.1) is 0 Å². The average molecular weight is 182 g/mol. The van der Waals surface area contributed by atoms with Crippen molar-refractivity contribution < 1.29 is 0 Å². The third kappa shape index (κ3) is 1.23. The van der Waals surface area contributed by atoms with Crippen LogP contribution in [-0.4, -0.2) is 0 Å². The number of benzene rings is 1. The molecule has 0 saturated heterocycles. The highest BCUT2D eigenvalue weighted by Crippen LogP contribution is 2.29. The van der Waals surface area contributed by atoms with Gasteiger partial charge >= 0.3 is 0 Å². The van der Waals surface area contributed by atoms with Gasteiger partial charge in [-0.3, -0.25) is 0 Å². The highest BCUT2D eigenvalue weighted by atomic mass is 35.5. The molecule has 2 heteroatoms. The zero-order valence-corrected chi connectivity index (χ0v) is 7.86. The SMILES string of the molecule is CCC1NCc2cc(Cl)ccc21. The van der Waals surface area contributed by atoms with Gasteiger partial charge in [-0.25, -0.2) is 0 Å². The molecule has 1 aliphatic rings. The fourth-order valence-corrected chi connectivity index (χ4v) is 1.97. The van der Waals surface area contributed by atoms with E-state index in [4.69, 9.17) is 11.6 Å². The van der Waals surface area contributed by atoms with E-state index >= 15 is 0 Å². The first-order valence-corrected chi connectivity index (χ1v) is 4.70. The van der Waals surface area contributed by atoms with E-state index in [0.717, 1.165) is 18.0 Å². The molecule has 0 aromatic heterocycles. The lowest BCUT2D eigenvalue weighted by atomic mass is 10.0. The monoisotopic (exact) mass is 181 g/mol. The minimum atomic E-state index is 0.539. The maximum absolute atomic E-state index is 5.89. The molecule has 1 aliphatic heterocycles. The fourth-order valence-electron chi connectivity index (χ4n) is 1.77. The summed E-state index contributed by atoms with van der Waals surface area (Å²) < 4.78 is 0. The molecule has 2 rings (SSSR count). The minimum absolute atomic E-state index is 0.539. The Balaban J connectivity index is 2.40. The van der Waals surface area contributed by atoms with Gasteiger partial charge in [-0.15, -0.1) is 0 Å². The van der Waals surface area contributed by atoms with Crippen molar-refractivity contribution in [2.45, 2.75) is 25.9 Å². The predicted molar refractivity (Wildman–Crippen MR) is 51.3 cm³/mol. The van der Waals surface area contributed by atoms with E-state index in [1.54, 1.807) is 0 Å². The number of halogens is 1. The molecule has 0 bridgehead atoms. The molecule has 12 heavy (non-hydrogen) atoms. The van der Waals surface area contributed by atoms with Gasteiger partial charge in [0.2, 0.25) is 0 Å². The molecule has 0 spiro atoms. The molecule has 0 aliphatic carbocycles. The molecule has 1 nitrogen and oxygen atoms in total. The topological polar surface area (TPSA) is 12.0 Å². The summed E-state index contributed by atoms with van der Waals surface area (Å²) in [6.07, 6.45) is 1.15. The van der Waals surface area contributed by atoms with Gasteiger partial charge in [-0.1, -0.05) is 24.6 Å². The van der Waals surface area contributed by atoms with Gasteiger partial charge < -0.3 is 5.32 Å². The summed E-state index contributed by atoms with van der Waals surface area (Å²) >= 11 is 5.89. The van der Waals surface area contributed by atoms with Crippen LogP contribution in [0.3, 0.4) is 0 Å². The first-order valence-electron chi connectivity index (χ1n) is 4.33. The minimum Gasteiger partial charge on any atom is -0.306 e. The Morgan fingerprint density at radius 2 is 2.42 bits per heavy atom. The highest BCUT2D eigenvalue weighted by Gasteiger charge is 2.19. The van der Waals surface area contributed by atoms with Crippen LogP contribution >= 0.6 is 11.6 Å². The van der Waals surface area contributed by atoms with Crippen LogP contribution in [0.4, 0.5) is 0 Å². The Bertz CT molecular complexity index is 296. The van der Waals surface area contributed by atoms with Gasteiger partial charge in [0.25, 0.3) is 0 Å². The summed E-state index contributed by atoms with van der Waals surface area (Å²) in [7, 11) is 0. The number of nitrogens with one attached hydrogen (secondary N) is 1. The van der Waals surface area contributed by atoms with Crippen molar-refractivity contribution in [2.75, 3.05) is 0 Å². The van der Waals surface area contributed by atoms with Gasteiger partial charge in [0.05, 0.1) is 0 Å². The Hall–Kier alpha value is -0.530. The van der Waals surface area contributed by atoms with E-state index in [0.29, 0.717) is 6.04 Å². The summed E-state index contributed by atoms with van der Waals surface area (Å²) in [5.74, 6) is 0. The molecule has 1 atom stereocenters. The summed E-state index contributed by atoms with van der Waals surface area (Å²) in [6.45, 7) is 3.16. The summed E-state index contributed by atoms with van der Waals surface area (Å²) in [4.78, 5) is 0. The van der Waals surface area contributed by atoms with E-state index in [9.17, 15) is 0 Å². The van der Waals surface area contributed by atoms with E-state index in [-0.39, 0.29) is 0 Å². The molecule has 1 aromatic rings. The van der Waals surface area contributed by atoms with Crippen molar-refractivity contribution in [1.82, 2.24) is 5.32 Å². The molecular formula is C10H12ClN. The van der Waals surface area contributed by atoms with Crippen LogP contribution in [0.25, 0.3) is 0 Å². The second-order valence-corrected chi connectivity index (χ2v) is 3.62. The standard InChI is InChI=1S/C10H12ClN/c1-2-10-9-4-3-8(11)5-7(9)6-12-10/h3-5,10,12H,2,6H2,1H3. The summed E-state index contributed by atoms with van der Waals surface area (Å²) in [5.41, 5.74) is 2.77. The molecular weight excluding hydrogens is 170 g/mol. The Kier molecular flexibility index (Phi) is 2.07. The lowest BCUT2D eigenvalue weighted by Gasteiger charge is -2.07. The molecule has 64 valence electrons.